The molecule has 2 aromatic carbocycles. The lowest BCUT2D eigenvalue weighted by Crippen LogP contribution is -2.14. The monoisotopic (exact) mass is 354 g/mol. The number of benzene rings is 2. The Morgan fingerprint density at radius 3 is 2.62 bits per heavy atom. The van der Waals surface area contributed by atoms with Crippen molar-refractivity contribution in [2.75, 3.05) is 14.2 Å². The summed E-state index contributed by atoms with van der Waals surface area (Å²) in [6.07, 6.45) is 0. The molecule has 0 bridgehead atoms. The highest BCUT2D eigenvalue weighted by Gasteiger charge is 2.13. The Hall–Kier alpha value is -3.42. The van der Waals surface area contributed by atoms with Gasteiger partial charge in [-0.05, 0) is 29.0 Å². The number of nitrogens with zero attached hydrogens (tertiary/aromatic N) is 4. The van der Waals surface area contributed by atoms with E-state index in [9.17, 15) is 4.79 Å². The van der Waals surface area contributed by atoms with E-state index < -0.39 is 5.97 Å². The van der Waals surface area contributed by atoms with Gasteiger partial charge in [-0.15, -0.1) is 10.2 Å². The van der Waals surface area contributed by atoms with Crippen LogP contribution in [-0.4, -0.2) is 40.4 Å². The topological polar surface area (TPSA) is 88.4 Å². The van der Waals surface area contributed by atoms with Gasteiger partial charge in [0.05, 0.1) is 14.2 Å². The minimum Gasteiger partial charge on any atom is -0.493 e. The van der Waals surface area contributed by atoms with Crippen LogP contribution in [0.4, 0.5) is 0 Å². The summed E-state index contributed by atoms with van der Waals surface area (Å²) in [5.41, 5.74) is 1.76. The number of carbonyl (C=O) groups excluding carboxylic acids is 1. The second-order valence-electron chi connectivity index (χ2n) is 5.36. The molecule has 8 nitrogen and oxygen atoms in total. The zero-order chi connectivity index (χ0) is 18.4. The molecule has 0 fully saturated rings. The summed E-state index contributed by atoms with van der Waals surface area (Å²) in [6, 6.07) is 15.2. The largest absolute Gasteiger partial charge is 0.493 e. The van der Waals surface area contributed by atoms with E-state index in [1.54, 1.807) is 19.2 Å². The lowest BCUT2D eigenvalue weighted by Gasteiger charge is -2.11. The predicted molar refractivity (Wildman–Crippen MR) is 92.6 cm³/mol. The summed E-state index contributed by atoms with van der Waals surface area (Å²) < 4.78 is 15.8. The van der Waals surface area contributed by atoms with Gasteiger partial charge in [-0.1, -0.05) is 30.3 Å². The molecule has 0 saturated carbocycles. The van der Waals surface area contributed by atoms with Crippen molar-refractivity contribution in [2.24, 2.45) is 0 Å². The standard InChI is InChI=1S/C18H18N4O4/c1-24-16-10-14(18-19-21-22(20-18)11-17(23)25-2)8-9-15(16)26-12-13-6-4-3-5-7-13/h3-10H,11-12H2,1-2H3. The van der Waals surface area contributed by atoms with E-state index in [0.29, 0.717) is 29.5 Å². The molecule has 0 aliphatic carbocycles. The Kier molecular flexibility index (Phi) is 5.43. The highest BCUT2D eigenvalue weighted by molar-refractivity contribution is 5.68. The van der Waals surface area contributed by atoms with Gasteiger partial charge in [-0.3, -0.25) is 0 Å². The zero-order valence-electron chi connectivity index (χ0n) is 14.5. The van der Waals surface area contributed by atoms with Crippen LogP contribution in [0.2, 0.25) is 0 Å². The molecular formula is C18H18N4O4. The Balaban J connectivity index is 1.75. The first-order chi connectivity index (χ1) is 12.7. The molecule has 0 spiro atoms. The summed E-state index contributed by atoms with van der Waals surface area (Å²) in [5, 5.41) is 12.0. The minimum atomic E-state index is -0.448. The normalized spacial score (nSPS) is 10.4. The van der Waals surface area contributed by atoms with Crippen molar-refractivity contribution in [3.63, 3.8) is 0 Å². The summed E-state index contributed by atoms with van der Waals surface area (Å²) in [5.74, 6) is 1.10. The number of esters is 1. The molecule has 0 atom stereocenters. The predicted octanol–water partition coefficient (Wildman–Crippen LogP) is 2.10. The average Bonchev–Trinajstić information content (AvgIpc) is 3.15. The van der Waals surface area contributed by atoms with Crippen molar-refractivity contribution in [1.82, 2.24) is 20.2 Å². The molecule has 134 valence electrons. The fraction of sp³-hybridized carbons (Fsp3) is 0.222. The molecule has 3 rings (SSSR count). The fourth-order valence-corrected chi connectivity index (χ4v) is 2.27. The number of hydrogen-bond donors (Lipinski definition) is 0. The lowest BCUT2D eigenvalue weighted by atomic mass is 10.2. The molecule has 0 N–H and O–H groups in total. The Bertz CT molecular complexity index is 880. The molecule has 0 amide bonds. The lowest BCUT2D eigenvalue weighted by molar-refractivity contribution is -0.141. The first kappa shape index (κ1) is 17.4. The first-order valence-electron chi connectivity index (χ1n) is 7.89. The second-order valence-corrected chi connectivity index (χ2v) is 5.36. The van der Waals surface area contributed by atoms with E-state index in [0.717, 1.165) is 5.56 Å². The van der Waals surface area contributed by atoms with E-state index in [1.807, 2.05) is 36.4 Å². The highest BCUT2D eigenvalue weighted by atomic mass is 16.5. The molecule has 0 saturated heterocycles. The van der Waals surface area contributed by atoms with Gasteiger partial charge in [0.2, 0.25) is 5.82 Å². The smallest absolute Gasteiger partial charge is 0.329 e. The third kappa shape index (κ3) is 4.15. The number of hydrogen-bond acceptors (Lipinski definition) is 7. The molecule has 0 unspecified atom stereocenters. The van der Waals surface area contributed by atoms with Crippen LogP contribution in [0, 0.1) is 0 Å². The average molecular weight is 354 g/mol. The number of carbonyl (C=O) groups is 1. The van der Waals surface area contributed by atoms with E-state index in [1.165, 1.54) is 11.9 Å². The summed E-state index contributed by atoms with van der Waals surface area (Å²) >= 11 is 0. The van der Waals surface area contributed by atoms with Crippen LogP contribution in [0.5, 0.6) is 11.5 Å². The molecule has 8 heteroatoms. The molecule has 3 aromatic rings. The van der Waals surface area contributed by atoms with Crippen molar-refractivity contribution < 1.29 is 19.0 Å². The number of rotatable bonds is 7. The van der Waals surface area contributed by atoms with E-state index in [-0.39, 0.29) is 6.54 Å². The van der Waals surface area contributed by atoms with Crippen molar-refractivity contribution >= 4 is 5.97 Å². The quantitative estimate of drug-likeness (QED) is 0.600. The van der Waals surface area contributed by atoms with Gasteiger partial charge in [0.15, 0.2) is 18.0 Å². The maximum atomic E-state index is 11.3. The zero-order valence-corrected chi connectivity index (χ0v) is 14.5. The maximum absolute atomic E-state index is 11.3. The van der Waals surface area contributed by atoms with E-state index >= 15 is 0 Å². The number of tetrazole rings is 1. The Morgan fingerprint density at radius 1 is 1.08 bits per heavy atom. The van der Waals surface area contributed by atoms with Crippen molar-refractivity contribution in [1.29, 1.82) is 0 Å². The molecule has 26 heavy (non-hydrogen) atoms. The first-order valence-corrected chi connectivity index (χ1v) is 7.89. The van der Waals surface area contributed by atoms with Crippen LogP contribution in [0.25, 0.3) is 11.4 Å². The van der Waals surface area contributed by atoms with Crippen molar-refractivity contribution in [3.05, 3.63) is 54.1 Å². The molecule has 1 aromatic heterocycles. The highest BCUT2D eigenvalue weighted by Crippen LogP contribution is 2.31. The van der Waals surface area contributed by atoms with Crippen LogP contribution < -0.4 is 9.47 Å². The Labute approximate surface area is 150 Å². The summed E-state index contributed by atoms with van der Waals surface area (Å²) in [4.78, 5) is 12.4. The second kappa shape index (κ2) is 8.11. The molecule has 0 aliphatic heterocycles. The van der Waals surface area contributed by atoms with Crippen molar-refractivity contribution in [2.45, 2.75) is 13.2 Å². The maximum Gasteiger partial charge on any atom is 0.329 e. The van der Waals surface area contributed by atoms with Crippen LogP contribution in [0.3, 0.4) is 0 Å². The Morgan fingerprint density at radius 2 is 1.88 bits per heavy atom. The van der Waals surface area contributed by atoms with Gasteiger partial charge in [-0.2, -0.15) is 4.80 Å². The van der Waals surface area contributed by atoms with Gasteiger partial charge in [-0.25, -0.2) is 4.79 Å². The van der Waals surface area contributed by atoms with Gasteiger partial charge in [0, 0.05) is 5.56 Å². The van der Waals surface area contributed by atoms with Crippen LogP contribution in [-0.2, 0) is 22.7 Å². The van der Waals surface area contributed by atoms with Crippen LogP contribution >= 0.6 is 0 Å². The van der Waals surface area contributed by atoms with Crippen LogP contribution in [0.15, 0.2) is 48.5 Å². The van der Waals surface area contributed by atoms with Gasteiger partial charge >= 0.3 is 5.97 Å². The number of aromatic nitrogens is 4. The molecular weight excluding hydrogens is 336 g/mol. The molecule has 1 heterocycles. The third-order valence-corrected chi connectivity index (χ3v) is 3.61. The third-order valence-electron chi connectivity index (χ3n) is 3.61. The van der Waals surface area contributed by atoms with Crippen molar-refractivity contribution in [3.8, 4) is 22.9 Å². The summed E-state index contributed by atoms with van der Waals surface area (Å²) in [7, 11) is 2.87. The number of methoxy groups -OCH3 is 2. The van der Waals surface area contributed by atoms with Gasteiger partial charge < -0.3 is 14.2 Å². The van der Waals surface area contributed by atoms with E-state index in [2.05, 4.69) is 20.1 Å². The SMILES string of the molecule is COC(=O)Cn1nnc(-c2ccc(OCc3ccccc3)c(OC)c2)n1. The molecule has 0 aliphatic rings. The molecule has 0 radical (unpaired) electrons. The fourth-order valence-electron chi connectivity index (χ4n) is 2.27. The number of ether oxygens (including phenoxy) is 3. The van der Waals surface area contributed by atoms with Crippen LogP contribution in [0.1, 0.15) is 5.56 Å². The summed E-state index contributed by atoms with van der Waals surface area (Å²) in [6.45, 7) is 0.336. The minimum absolute atomic E-state index is 0.0983. The van der Waals surface area contributed by atoms with Gasteiger partial charge in [0.25, 0.3) is 0 Å². The van der Waals surface area contributed by atoms with Gasteiger partial charge in [0.1, 0.15) is 6.61 Å². The van der Waals surface area contributed by atoms with E-state index in [4.69, 9.17) is 9.47 Å².